The zero-order valence-corrected chi connectivity index (χ0v) is 15.5. The highest BCUT2D eigenvalue weighted by Crippen LogP contribution is 2.06. The average Bonchev–Trinajstić information content (AvgIpc) is 2.30. The third kappa shape index (κ3) is 7.67. The van der Waals surface area contributed by atoms with E-state index in [1.165, 1.54) is 11.1 Å². The second kappa shape index (κ2) is 9.15. The van der Waals surface area contributed by atoms with Crippen LogP contribution in [0.4, 0.5) is 0 Å². The summed E-state index contributed by atoms with van der Waals surface area (Å²) in [6.45, 7) is 12.2. The summed E-state index contributed by atoms with van der Waals surface area (Å²) in [5.74, 6) is 0.877. The maximum Gasteiger partial charge on any atom is 0.191 e. The Morgan fingerprint density at radius 1 is 1.35 bits per heavy atom. The van der Waals surface area contributed by atoms with E-state index >= 15 is 0 Å². The van der Waals surface area contributed by atoms with Crippen molar-refractivity contribution in [3.05, 3.63) is 29.6 Å². The van der Waals surface area contributed by atoms with E-state index < -0.39 is 0 Å². The number of nitrogens with zero attached hydrogens (tertiary/aromatic N) is 2. The number of aromatic nitrogens is 1. The number of pyridine rings is 1. The van der Waals surface area contributed by atoms with Gasteiger partial charge in [0.15, 0.2) is 5.96 Å². The molecule has 114 valence electrons. The number of hydrogen-bond donors (Lipinski definition) is 2. The number of nitrogens with one attached hydrogen (secondary N) is 2. The molecule has 0 spiro atoms. The van der Waals surface area contributed by atoms with E-state index in [-0.39, 0.29) is 29.5 Å². The second-order valence-electron chi connectivity index (χ2n) is 5.69. The van der Waals surface area contributed by atoms with Gasteiger partial charge >= 0.3 is 0 Å². The van der Waals surface area contributed by atoms with E-state index in [1.807, 2.05) is 12.4 Å². The molecule has 1 rings (SSSR count). The van der Waals surface area contributed by atoms with Crippen LogP contribution >= 0.6 is 24.0 Å². The minimum absolute atomic E-state index is 0. The minimum atomic E-state index is 0. The summed E-state index contributed by atoms with van der Waals surface area (Å²) in [6.07, 6.45) is 4.68. The molecular formula is C15H27IN4. The third-order valence-electron chi connectivity index (χ3n) is 2.63. The molecule has 0 aliphatic carbocycles. The molecule has 1 aromatic heterocycles. The molecule has 0 bridgehead atoms. The Bertz CT molecular complexity index is 424. The van der Waals surface area contributed by atoms with Crippen LogP contribution in [0, 0.1) is 6.92 Å². The van der Waals surface area contributed by atoms with Crippen molar-refractivity contribution in [2.45, 2.75) is 46.6 Å². The van der Waals surface area contributed by atoms with Crippen molar-refractivity contribution in [2.75, 3.05) is 13.1 Å². The van der Waals surface area contributed by atoms with Gasteiger partial charge in [-0.3, -0.25) is 9.98 Å². The number of guanidine groups is 1. The van der Waals surface area contributed by atoms with Crippen molar-refractivity contribution >= 4 is 29.9 Å². The highest BCUT2D eigenvalue weighted by atomic mass is 127. The number of hydrogen-bond acceptors (Lipinski definition) is 2. The molecule has 0 radical (unpaired) electrons. The van der Waals surface area contributed by atoms with Crippen LogP contribution in [-0.4, -0.2) is 29.6 Å². The average molecular weight is 390 g/mol. The van der Waals surface area contributed by atoms with Gasteiger partial charge in [-0.05, 0) is 58.2 Å². The maximum absolute atomic E-state index is 4.61. The molecule has 4 nitrogen and oxygen atoms in total. The van der Waals surface area contributed by atoms with Crippen molar-refractivity contribution in [3.8, 4) is 0 Å². The van der Waals surface area contributed by atoms with Gasteiger partial charge in [0.25, 0.3) is 0 Å². The number of halogens is 1. The smallest absolute Gasteiger partial charge is 0.191 e. The van der Waals surface area contributed by atoms with Gasteiger partial charge in [0.05, 0.1) is 0 Å². The summed E-state index contributed by atoms with van der Waals surface area (Å²) in [4.78, 5) is 8.71. The molecule has 1 heterocycles. The molecule has 0 unspecified atom stereocenters. The molecule has 0 saturated carbocycles. The monoisotopic (exact) mass is 390 g/mol. The Morgan fingerprint density at radius 2 is 2.05 bits per heavy atom. The van der Waals surface area contributed by atoms with Crippen molar-refractivity contribution in [1.82, 2.24) is 15.6 Å². The van der Waals surface area contributed by atoms with Gasteiger partial charge in [0.1, 0.15) is 0 Å². The number of aliphatic imine (C=N–C) groups is 1. The number of aryl methyl sites for hydroxylation is 1. The second-order valence-corrected chi connectivity index (χ2v) is 5.69. The molecule has 0 fully saturated rings. The Kier molecular flexibility index (Phi) is 8.76. The highest BCUT2D eigenvalue weighted by Gasteiger charge is 2.11. The van der Waals surface area contributed by atoms with Crippen LogP contribution in [0.3, 0.4) is 0 Å². The fourth-order valence-electron chi connectivity index (χ4n) is 1.73. The molecule has 0 saturated heterocycles. The summed E-state index contributed by atoms with van der Waals surface area (Å²) < 4.78 is 0. The molecule has 0 amide bonds. The molecular weight excluding hydrogens is 363 g/mol. The molecule has 0 aliphatic heterocycles. The third-order valence-corrected chi connectivity index (χ3v) is 2.63. The normalized spacial score (nSPS) is 11.8. The molecule has 1 aromatic rings. The first-order valence-electron chi connectivity index (χ1n) is 6.88. The van der Waals surface area contributed by atoms with Gasteiger partial charge in [0.2, 0.25) is 0 Å². The zero-order chi connectivity index (χ0) is 14.3. The first-order valence-corrected chi connectivity index (χ1v) is 6.88. The summed E-state index contributed by atoms with van der Waals surface area (Å²) >= 11 is 0. The maximum atomic E-state index is 4.61. The summed E-state index contributed by atoms with van der Waals surface area (Å²) in [6, 6.07) is 2.06. The Labute approximate surface area is 139 Å². The summed E-state index contributed by atoms with van der Waals surface area (Å²) in [5, 5.41) is 6.65. The first-order chi connectivity index (χ1) is 8.92. The summed E-state index contributed by atoms with van der Waals surface area (Å²) in [5.41, 5.74) is 2.56. The van der Waals surface area contributed by atoms with Crippen molar-refractivity contribution in [1.29, 1.82) is 0 Å². The van der Waals surface area contributed by atoms with Gasteiger partial charge < -0.3 is 10.6 Å². The van der Waals surface area contributed by atoms with E-state index in [1.54, 1.807) is 0 Å². The molecule has 20 heavy (non-hydrogen) atoms. The van der Waals surface area contributed by atoms with Crippen LogP contribution in [0.5, 0.6) is 0 Å². The lowest BCUT2D eigenvalue weighted by atomic mass is 10.1. The van der Waals surface area contributed by atoms with Crippen molar-refractivity contribution in [2.24, 2.45) is 4.99 Å². The van der Waals surface area contributed by atoms with E-state index in [9.17, 15) is 0 Å². The van der Waals surface area contributed by atoms with Gasteiger partial charge in [-0.25, -0.2) is 0 Å². The van der Waals surface area contributed by atoms with E-state index in [0.29, 0.717) is 0 Å². The SMILES string of the molecule is CCNC(=NCCc1ccncc1C)NC(C)(C)C.I. The topological polar surface area (TPSA) is 49.3 Å². The lowest BCUT2D eigenvalue weighted by Crippen LogP contribution is -2.47. The Balaban J connectivity index is 0.00000361. The standard InChI is InChI=1S/C15H26N4.HI/c1-6-17-14(19-15(3,4)5)18-10-8-13-7-9-16-11-12(13)2;/h7,9,11H,6,8,10H2,1-5H3,(H2,17,18,19);1H. The zero-order valence-electron chi connectivity index (χ0n) is 13.2. The molecule has 0 atom stereocenters. The molecule has 2 N–H and O–H groups in total. The van der Waals surface area contributed by atoms with Gasteiger partial charge in [-0.2, -0.15) is 0 Å². The van der Waals surface area contributed by atoms with E-state index in [2.05, 4.69) is 61.3 Å². The molecule has 5 heteroatoms. The Hall–Kier alpha value is -0.850. The van der Waals surface area contributed by atoms with Crippen LogP contribution < -0.4 is 10.6 Å². The van der Waals surface area contributed by atoms with Crippen LogP contribution in [0.25, 0.3) is 0 Å². The fraction of sp³-hybridized carbons (Fsp3) is 0.600. The van der Waals surface area contributed by atoms with Crippen LogP contribution in [0.1, 0.15) is 38.8 Å². The van der Waals surface area contributed by atoms with Crippen LogP contribution in [0.2, 0.25) is 0 Å². The predicted molar refractivity (Wildman–Crippen MR) is 97.0 cm³/mol. The lowest BCUT2D eigenvalue weighted by molar-refractivity contribution is 0.501. The molecule has 0 aliphatic rings. The van der Waals surface area contributed by atoms with Crippen LogP contribution in [-0.2, 0) is 6.42 Å². The predicted octanol–water partition coefficient (Wildman–Crippen LogP) is 2.90. The van der Waals surface area contributed by atoms with Crippen molar-refractivity contribution < 1.29 is 0 Å². The summed E-state index contributed by atoms with van der Waals surface area (Å²) in [7, 11) is 0. The van der Waals surface area contributed by atoms with Crippen LogP contribution in [0.15, 0.2) is 23.5 Å². The van der Waals surface area contributed by atoms with Gasteiger partial charge in [-0.1, -0.05) is 0 Å². The minimum Gasteiger partial charge on any atom is -0.357 e. The highest BCUT2D eigenvalue weighted by molar-refractivity contribution is 14.0. The lowest BCUT2D eigenvalue weighted by Gasteiger charge is -2.23. The number of rotatable bonds is 4. The fourth-order valence-corrected chi connectivity index (χ4v) is 1.73. The Morgan fingerprint density at radius 3 is 2.60 bits per heavy atom. The van der Waals surface area contributed by atoms with E-state index in [0.717, 1.165) is 25.5 Å². The van der Waals surface area contributed by atoms with Crippen molar-refractivity contribution in [3.63, 3.8) is 0 Å². The molecule has 0 aromatic carbocycles. The largest absolute Gasteiger partial charge is 0.357 e. The van der Waals surface area contributed by atoms with Gasteiger partial charge in [0, 0.05) is 31.0 Å². The quantitative estimate of drug-likeness (QED) is 0.472. The van der Waals surface area contributed by atoms with E-state index in [4.69, 9.17) is 0 Å². The van der Waals surface area contributed by atoms with Gasteiger partial charge in [-0.15, -0.1) is 24.0 Å². The first kappa shape index (κ1) is 19.1.